The number of non-ortho nitro benzene ring substituents is 1. The quantitative estimate of drug-likeness (QED) is 0.430. The molecule has 0 saturated carbocycles. The number of rotatable bonds is 6. The van der Waals surface area contributed by atoms with Crippen LogP contribution in [0.1, 0.15) is 12.8 Å². The molecule has 1 aliphatic heterocycles. The van der Waals surface area contributed by atoms with Gasteiger partial charge in [0.15, 0.2) is 5.13 Å². The van der Waals surface area contributed by atoms with Gasteiger partial charge in [0.1, 0.15) is 0 Å². The summed E-state index contributed by atoms with van der Waals surface area (Å²) in [5.41, 5.74) is 1.06. The van der Waals surface area contributed by atoms with Crippen molar-refractivity contribution >= 4 is 38.1 Å². The van der Waals surface area contributed by atoms with Crippen molar-refractivity contribution in [1.82, 2.24) is 9.29 Å². The number of amides is 1. The standard InChI is InChI=1S/C21H20N4O5S2/c26-20(16-7-5-11-24(13-16)32(29,30)18-9-2-1-3-10-18)23-21-22-19(14-31-21)15-6-4-8-17(12-15)25(27)28/h1-4,6,8-10,12,14,16H,5,7,11,13H2,(H,22,23,26). The summed E-state index contributed by atoms with van der Waals surface area (Å²) in [6, 6.07) is 14.3. The van der Waals surface area contributed by atoms with Gasteiger partial charge in [-0.3, -0.25) is 14.9 Å². The Morgan fingerprint density at radius 2 is 1.97 bits per heavy atom. The molecule has 4 rings (SSSR count). The van der Waals surface area contributed by atoms with E-state index >= 15 is 0 Å². The molecule has 9 nitrogen and oxygen atoms in total. The Bertz CT molecular complexity index is 1240. The molecule has 166 valence electrons. The molecule has 3 aromatic rings. The topological polar surface area (TPSA) is 123 Å². The van der Waals surface area contributed by atoms with Gasteiger partial charge < -0.3 is 5.32 Å². The largest absolute Gasteiger partial charge is 0.302 e. The highest BCUT2D eigenvalue weighted by Crippen LogP contribution is 2.29. The highest BCUT2D eigenvalue weighted by atomic mass is 32.2. The molecule has 0 spiro atoms. The van der Waals surface area contributed by atoms with Crippen LogP contribution in [0.15, 0.2) is 64.9 Å². The number of carbonyl (C=O) groups excluding carboxylic acids is 1. The predicted molar refractivity (Wildman–Crippen MR) is 121 cm³/mol. The smallest absolute Gasteiger partial charge is 0.270 e. The first kappa shape index (κ1) is 22.1. The van der Waals surface area contributed by atoms with E-state index in [2.05, 4.69) is 10.3 Å². The predicted octanol–water partition coefficient (Wildman–Crippen LogP) is 3.76. The molecule has 1 aromatic heterocycles. The maximum absolute atomic E-state index is 12.9. The lowest BCUT2D eigenvalue weighted by Crippen LogP contribution is -2.43. The molecule has 11 heteroatoms. The summed E-state index contributed by atoms with van der Waals surface area (Å²) >= 11 is 1.21. The SMILES string of the molecule is O=C(Nc1nc(-c2cccc([N+](=O)[O-])c2)cs1)C1CCCN(S(=O)(=O)c2ccccc2)C1. The monoisotopic (exact) mass is 472 g/mol. The van der Waals surface area contributed by atoms with Crippen molar-refractivity contribution in [3.8, 4) is 11.3 Å². The van der Waals surface area contributed by atoms with Gasteiger partial charge in [0.2, 0.25) is 15.9 Å². The third kappa shape index (κ3) is 4.69. The number of hydrogen-bond donors (Lipinski definition) is 1. The first-order chi connectivity index (χ1) is 15.3. The summed E-state index contributed by atoms with van der Waals surface area (Å²) in [6.07, 6.45) is 1.16. The van der Waals surface area contributed by atoms with E-state index in [0.717, 1.165) is 0 Å². The molecule has 1 fully saturated rings. The molecule has 1 amide bonds. The second kappa shape index (κ2) is 9.15. The molecule has 1 N–H and O–H groups in total. The van der Waals surface area contributed by atoms with Crippen LogP contribution in [0.3, 0.4) is 0 Å². The summed E-state index contributed by atoms with van der Waals surface area (Å²) in [5.74, 6) is -0.787. The molecule has 1 aliphatic rings. The molecule has 1 saturated heterocycles. The van der Waals surface area contributed by atoms with Crippen molar-refractivity contribution in [3.63, 3.8) is 0 Å². The highest BCUT2D eigenvalue weighted by Gasteiger charge is 2.33. The average Bonchev–Trinajstić information content (AvgIpc) is 3.28. The van der Waals surface area contributed by atoms with E-state index < -0.39 is 20.9 Å². The van der Waals surface area contributed by atoms with Gasteiger partial charge in [0.05, 0.1) is 21.4 Å². The van der Waals surface area contributed by atoms with Gasteiger partial charge in [-0.15, -0.1) is 11.3 Å². The molecular formula is C21H20N4O5S2. The van der Waals surface area contributed by atoms with Crippen LogP contribution in [0, 0.1) is 16.0 Å². The minimum atomic E-state index is -3.66. The van der Waals surface area contributed by atoms with Gasteiger partial charge in [-0.1, -0.05) is 30.3 Å². The minimum Gasteiger partial charge on any atom is -0.302 e. The van der Waals surface area contributed by atoms with E-state index in [1.807, 2.05) is 0 Å². The summed E-state index contributed by atoms with van der Waals surface area (Å²) < 4.78 is 27.1. The van der Waals surface area contributed by atoms with Crippen molar-refractivity contribution < 1.29 is 18.1 Å². The van der Waals surface area contributed by atoms with E-state index in [0.29, 0.717) is 35.8 Å². The lowest BCUT2D eigenvalue weighted by molar-refractivity contribution is -0.384. The second-order valence-corrected chi connectivity index (χ2v) is 10.1. The van der Waals surface area contributed by atoms with Crippen molar-refractivity contribution in [1.29, 1.82) is 0 Å². The van der Waals surface area contributed by atoms with Crippen LogP contribution in [0.5, 0.6) is 0 Å². The van der Waals surface area contributed by atoms with Crippen molar-refractivity contribution in [2.45, 2.75) is 17.7 Å². The Morgan fingerprint density at radius 3 is 2.72 bits per heavy atom. The highest BCUT2D eigenvalue weighted by molar-refractivity contribution is 7.89. The first-order valence-electron chi connectivity index (χ1n) is 9.91. The van der Waals surface area contributed by atoms with Gasteiger partial charge in [0, 0.05) is 36.2 Å². The van der Waals surface area contributed by atoms with Gasteiger partial charge in [0.25, 0.3) is 5.69 Å². The second-order valence-electron chi connectivity index (χ2n) is 7.35. The Morgan fingerprint density at radius 1 is 1.19 bits per heavy atom. The van der Waals surface area contributed by atoms with Crippen molar-refractivity contribution in [3.05, 3.63) is 70.1 Å². The number of nitro benzene ring substituents is 1. The number of benzene rings is 2. The molecular weight excluding hydrogens is 452 g/mol. The Labute approximate surface area is 188 Å². The third-order valence-electron chi connectivity index (χ3n) is 5.22. The van der Waals surface area contributed by atoms with Crippen LogP contribution < -0.4 is 5.32 Å². The van der Waals surface area contributed by atoms with Crippen LogP contribution in [-0.4, -0.2) is 41.6 Å². The number of nitrogens with one attached hydrogen (secondary N) is 1. The molecule has 0 bridgehead atoms. The van der Waals surface area contributed by atoms with E-state index in [1.165, 1.54) is 27.8 Å². The number of sulfonamides is 1. The number of hydrogen-bond acceptors (Lipinski definition) is 7. The Hall–Kier alpha value is -3.15. The fraction of sp³-hybridized carbons (Fsp3) is 0.238. The zero-order chi connectivity index (χ0) is 22.7. The van der Waals surface area contributed by atoms with Crippen LogP contribution in [0.2, 0.25) is 0 Å². The summed E-state index contributed by atoms with van der Waals surface area (Å²) in [6.45, 7) is 0.474. The lowest BCUT2D eigenvalue weighted by Gasteiger charge is -2.31. The zero-order valence-corrected chi connectivity index (χ0v) is 18.5. The molecule has 2 heterocycles. The van der Waals surface area contributed by atoms with E-state index in [9.17, 15) is 23.3 Å². The lowest BCUT2D eigenvalue weighted by atomic mass is 9.99. The van der Waals surface area contributed by atoms with E-state index in [1.54, 1.807) is 47.8 Å². The molecule has 2 aromatic carbocycles. The van der Waals surface area contributed by atoms with Gasteiger partial charge in [-0.2, -0.15) is 4.31 Å². The van der Waals surface area contributed by atoms with Crippen molar-refractivity contribution in [2.75, 3.05) is 18.4 Å². The Balaban J connectivity index is 1.44. The number of anilines is 1. The minimum absolute atomic E-state index is 0.0389. The van der Waals surface area contributed by atoms with Gasteiger partial charge >= 0.3 is 0 Å². The molecule has 0 aliphatic carbocycles. The normalized spacial score (nSPS) is 17.1. The fourth-order valence-corrected chi connectivity index (χ4v) is 5.83. The fourth-order valence-electron chi connectivity index (χ4n) is 3.57. The molecule has 32 heavy (non-hydrogen) atoms. The number of nitrogens with zero attached hydrogens (tertiary/aromatic N) is 3. The van der Waals surface area contributed by atoms with E-state index in [-0.39, 0.29) is 23.0 Å². The maximum atomic E-state index is 12.9. The van der Waals surface area contributed by atoms with Crippen LogP contribution in [-0.2, 0) is 14.8 Å². The number of nitro groups is 1. The molecule has 1 unspecified atom stereocenters. The summed E-state index contributed by atoms with van der Waals surface area (Å²) in [5, 5.41) is 15.8. The Kier molecular flexibility index (Phi) is 6.31. The van der Waals surface area contributed by atoms with E-state index in [4.69, 9.17) is 0 Å². The van der Waals surface area contributed by atoms with Crippen molar-refractivity contribution in [2.24, 2.45) is 5.92 Å². The summed E-state index contributed by atoms with van der Waals surface area (Å²) in [7, 11) is -3.66. The third-order valence-corrected chi connectivity index (χ3v) is 7.86. The number of carbonyl (C=O) groups is 1. The molecule has 1 atom stereocenters. The number of aromatic nitrogens is 1. The van der Waals surface area contributed by atoms with Crippen LogP contribution in [0.25, 0.3) is 11.3 Å². The maximum Gasteiger partial charge on any atom is 0.270 e. The summed E-state index contributed by atoms with van der Waals surface area (Å²) in [4.78, 5) is 27.9. The van der Waals surface area contributed by atoms with Gasteiger partial charge in [-0.25, -0.2) is 13.4 Å². The number of piperidine rings is 1. The number of thiazole rings is 1. The van der Waals surface area contributed by atoms with Gasteiger partial charge in [-0.05, 0) is 25.0 Å². The average molecular weight is 473 g/mol. The first-order valence-corrected chi connectivity index (χ1v) is 12.2. The molecule has 0 radical (unpaired) electrons. The van der Waals surface area contributed by atoms with Crippen LogP contribution >= 0.6 is 11.3 Å². The zero-order valence-electron chi connectivity index (χ0n) is 16.9. The van der Waals surface area contributed by atoms with Crippen LogP contribution in [0.4, 0.5) is 10.8 Å².